The van der Waals surface area contributed by atoms with Gasteiger partial charge >= 0.3 is 0 Å². The molecule has 0 aliphatic carbocycles. The summed E-state index contributed by atoms with van der Waals surface area (Å²) in [6.45, 7) is 4.85. The van der Waals surface area contributed by atoms with Crippen LogP contribution in [0.3, 0.4) is 0 Å². The number of rotatable bonds is 4. The number of furan rings is 1. The van der Waals surface area contributed by atoms with E-state index in [0.717, 1.165) is 10.9 Å². The first-order chi connectivity index (χ1) is 11.9. The smallest absolute Gasteiger partial charge is 0.232 e. The van der Waals surface area contributed by atoms with Gasteiger partial charge in [-0.15, -0.1) is 0 Å². The number of benzene rings is 1. The Balaban J connectivity index is 1.86. The number of fused-ring (bicyclic) bond motifs is 1. The fourth-order valence-corrected chi connectivity index (χ4v) is 2.72. The predicted octanol–water partition coefficient (Wildman–Crippen LogP) is 3.29. The van der Waals surface area contributed by atoms with Gasteiger partial charge in [-0.2, -0.15) is 5.26 Å². The molecular weight excluding hydrogens is 322 g/mol. The van der Waals surface area contributed by atoms with Crippen molar-refractivity contribution in [2.24, 2.45) is 0 Å². The minimum absolute atomic E-state index is 0.0270. The lowest BCUT2D eigenvalue weighted by atomic mass is 10.1. The maximum atomic E-state index is 12.3. The second-order valence-electron chi connectivity index (χ2n) is 5.76. The lowest BCUT2D eigenvalue weighted by molar-refractivity contribution is -0.115. The van der Waals surface area contributed by atoms with Gasteiger partial charge in [0.1, 0.15) is 23.1 Å². The van der Waals surface area contributed by atoms with Gasteiger partial charge < -0.3 is 8.94 Å². The highest BCUT2D eigenvalue weighted by atomic mass is 16.5. The van der Waals surface area contributed by atoms with Crippen LogP contribution >= 0.6 is 0 Å². The number of hydrogen-bond donors (Lipinski definition) is 1. The van der Waals surface area contributed by atoms with Crippen molar-refractivity contribution in [2.45, 2.75) is 27.2 Å². The number of Topliss-reactive ketones (excluding diaryl/α,β-unsaturated/α-hetero) is 1. The van der Waals surface area contributed by atoms with Gasteiger partial charge in [-0.3, -0.25) is 14.9 Å². The molecule has 0 fully saturated rings. The minimum Gasteiger partial charge on any atom is -0.443 e. The van der Waals surface area contributed by atoms with Crippen LogP contribution in [0.5, 0.6) is 0 Å². The van der Waals surface area contributed by atoms with E-state index in [-0.39, 0.29) is 29.2 Å². The van der Waals surface area contributed by atoms with E-state index < -0.39 is 5.91 Å². The second kappa shape index (κ2) is 6.24. The molecule has 0 saturated heterocycles. The monoisotopic (exact) mass is 337 g/mol. The quantitative estimate of drug-likeness (QED) is 0.732. The highest BCUT2D eigenvalue weighted by Gasteiger charge is 2.23. The van der Waals surface area contributed by atoms with E-state index in [1.807, 2.05) is 25.1 Å². The van der Waals surface area contributed by atoms with E-state index in [1.54, 1.807) is 13.0 Å². The van der Waals surface area contributed by atoms with Gasteiger partial charge in [0, 0.05) is 5.39 Å². The first-order valence-electron chi connectivity index (χ1n) is 7.60. The molecule has 1 N–H and O–H groups in total. The Kier molecular flexibility index (Phi) is 4.11. The Labute approximate surface area is 143 Å². The third-order valence-electron chi connectivity index (χ3n) is 3.83. The predicted molar refractivity (Wildman–Crippen MR) is 89.2 cm³/mol. The minimum atomic E-state index is -0.419. The summed E-state index contributed by atoms with van der Waals surface area (Å²) in [6, 6.07) is 7.48. The van der Waals surface area contributed by atoms with Crippen molar-refractivity contribution < 1.29 is 18.5 Å². The number of nitrogens with one attached hydrogen (secondary N) is 1. The number of anilines is 1. The van der Waals surface area contributed by atoms with Crippen LogP contribution in [-0.2, 0) is 11.2 Å². The molecule has 3 rings (SSSR count). The third kappa shape index (κ3) is 3.02. The van der Waals surface area contributed by atoms with Crippen molar-refractivity contribution in [1.29, 1.82) is 5.26 Å². The van der Waals surface area contributed by atoms with Gasteiger partial charge in [0.05, 0.1) is 12.0 Å². The summed E-state index contributed by atoms with van der Waals surface area (Å²) in [5, 5.41) is 16.5. The number of aryl methyl sites for hydroxylation is 2. The number of carbonyl (C=O) groups excluding carboxylic acids is 2. The molecule has 2 heterocycles. The highest BCUT2D eigenvalue weighted by Crippen LogP contribution is 2.27. The Morgan fingerprint density at radius 1 is 1.32 bits per heavy atom. The van der Waals surface area contributed by atoms with E-state index in [1.165, 1.54) is 6.92 Å². The van der Waals surface area contributed by atoms with Gasteiger partial charge in [-0.1, -0.05) is 16.8 Å². The zero-order valence-corrected chi connectivity index (χ0v) is 14.0. The lowest BCUT2D eigenvalue weighted by Crippen LogP contribution is -2.15. The number of amides is 1. The van der Waals surface area contributed by atoms with Crippen molar-refractivity contribution in [2.75, 3.05) is 5.32 Å². The van der Waals surface area contributed by atoms with Gasteiger partial charge in [-0.25, -0.2) is 0 Å². The van der Waals surface area contributed by atoms with Crippen LogP contribution in [0.2, 0.25) is 0 Å². The highest BCUT2D eigenvalue weighted by molar-refractivity contribution is 6.01. The Hall–Kier alpha value is -3.40. The molecule has 0 aliphatic heterocycles. The number of nitrogens with zero attached hydrogens (tertiary/aromatic N) is 2. The molecule has 2 aromatic heterocycles. The van der Waals surface area contributed by atoms with E-state index in [4.69, 9.17) is 8.94 Å². The molecule has 0 unspecified atom stereocenters. The summed E-state index contributed by atoms with van der Waals surface area (Å²) >= 11 is 0. The average Bonchev–Trinajstić information content (AvgIpc) is 3.07. The Bertz CT molecular complexity index is 1040. The molecule has 0 radical (unpaired) electrons. The number of nitriles is 1. The van der Waals surface area contributed by atoms with Crippen LogP contribution in [0.15, 0.2) is 27.1 Å². The first-order valence-corrected chi connectivity index (χ1v) is 7.60. The van der Waals surface area contributed by atoms with Crippen LogP contribution in [0.4, 0.5) is 5.88 Å². The van der Waals surface area contributed by atoms with E-state index in [2.05, 4.69) is 10.5 Å². The maximum absolute atomic E-state index is 12.3. The van der Waals surface area contributed by atoms with Crippen molar-refractivity contribution in [3.8, 4) is 6.07 Å². The van der Waals surface area contributed by atoms with Crippen LogP contribution < -0.4 is 5.32 Å². The number of carbonyl (C=O) groups is 2. The Morgan fingerprint density at radius 2 is 2.08 bits per heavy atom. The standard InChI is InChI=1S/C18H15N3O4/c1-9-4-5-15-12(6-9)14(21-25-15)7-16(23)20-18-13(8-19)17(10(2)22)11(3)24-18/h4-6H,7H2,1-3H3,(H,20,23). The zero-order valence-electron chi connectivity index (χ0n) is 14.0. The molecule has 0 atom stereocenters. The third-order valence-corrected chi connectivity index (χ3v) is 3.83. The first kappa shape index (κ1) is 16.5. The largest absolute Gasteiger partial charge is 0.443 e. The molecule has 7 nitrogen and oxygen atoms in total. The van der Waals surface area contributed by atoms with E-state index >= 15 is 0 Å². The molecular formula is C18H15N3O4. The fraction of sp³-hybridized carbons (Fsp3) is 0.222. The molecule has 0 spiro atoms. The number of ketones is 1. The summed E-state index contributed by atoms with van der Waals surface area (Å²) in [7, 11) is 0. The average molecular weight is 337 g/mol. The van der Waals surface area contributed by atoms with E-state index in [0.29, 0.717) is 17.0 Å². The van der Waals surface area contributed by atoms with Gasteiger partial charge in [0.2, 0.25) is 11.8 Å². The molecule has 25 heavy (non-hydrogen) atoms. The van der Waals surface area contributed by atoms with Crippen molar-refractivity contribution in [3.63, 3.8) is 0 Å². The fourth-order valence-electron chi connectivity index (χ4n) is 2.72. The molecule has 0 aliphatic rings. The van der Waals surface area contributed by atoms with Crippen molar-refractivity contribution >= 4 is 28.5 Å². The van der Waals surface area contributed by atoms with Crippen molar-refractivity contribution in [1.82, 2.24) is 5.16 Å². The Morgan fingerprint density at radius 3 is 2.76 bits per heavy atom. The normalized spacial score (nSPS) is 10.6. The molecule has 0 saturated carbocycles. The topological polar surface area (TPSA) is 109 Å². The van der Waals surface area contributed by atoms with Gasteiger partial charge in [-0.05, 0) is 32.9 Å². The number of hydrogen-bond acceptors (Lipinski definition) is 6. The van der Waals surface area contributed by atoms with E-state index in [9.17, 15) is 14.9 Å². The van der Waals surface area contributed by atoms with Gasteiger partial charge in [0.15, 0.2) is 11.4 Å². The maximum Gasteiger partial charge on any atom is 0.232 e. The molecule has 1 amide bonds. The molecule has 126 valence electrons. The summed E-state index contributed by atoms with van der Waals surface area (Å²) in [5.74, 6) is -0.450. The van der Waals surface area contributed by atoms with Crippen LogP contribution in [0, 0.1) is 25.2 Å². The van der Waals surface area contributed by atoms with Crippen LogP contribution in [0.1, 0.15) is 39.9 Å². The molecule has 1 aromatic carbocycles. The van der Waals surface area contributed by atoms with Crippen LogP contribution in [-0.4, -0.2) is 16.8 Å². The summed E-state index contributed by atoms with van der Waals surface area (Å²) in [4.78, 5) is 24.0. The SMILES string of the molecule is CC(=O)c1c(C)oc(NC(=O)Cc2noc3ccc(C)cc23)c1C#N. The molecule has 7 heteroatoms. The molecule has 3 aromatic rings. The molecule has 0 bridgehead atoms. The van der Waals surface area contributed by atoms with Crippen LogP contribution in [0.25, 0.3) is 11.0 Å². The number of aromatic nitrogens is 1. The van der Waals surface area contributed by atoms with Crippen molar-refractivity contribution in [3.05, 3.63) is 46.3 Å². The summed E-state index contributed by atoms with van der Waals surface area (Å²) in [5.41, 5.74) is 2.32. The summed E-state index contributed by atoms with van der Waals surface area (Å²) in [6.07, 6.45) is -0.0452. The van der Waals surface area contributed by atoms with Gasteiger partial charge in [0.25, 0.3) is 0 Å². The zero-order chi connectivity index (χ0) is 18.1. The second-order valence-corrected chi connectivity index (χ2v) is 5.76. The summed E-state index contributed by atoms with van der Waals surface area (Å²) < 4.78 is 10.6. The lowest BCUT2D eigenvalue weighted by Gasteiger charge is -2.01.